The standard InChI is InChI=1S/C13H19N3O2S/c1-9(14-12(18)10-5-3-4-6-10)11(17)15-13-16(2)7-8-19-13/h7-10H,3-6H2,1-2H3,(H,14,18)/t9-/m0/s1. The number of aromatic nitrogens is 1. The van der Waals surface area contributed by atoms with Gasteiger partial charge in [-0.05, 0) is 19.8 Å². The van der Waals surface area contributed by atoms with Crippen LogP contribution in [0.4, 0.5) is 0 Å². The van der Waals surface area contributed by atoms with E-state index >= 15 is 0 Å². The van der Waals surface area contributed by atoms with E-state index in [0.717, 1.165) is 25.7 Å². The van der Waals surface area contributed by atoms with Crippen LogP contribution >= 0.6 is 11.3 Å². The molecule has 0 spiro atoms. The van der Waals surface area contributed by atoms with Crippen LogP contribution in [-0.4, -0.2) is 22.4 Å². The fourth-order valence-corrected chi connectivity index (χ4v) is 2.94. The lowest BCUT2D eigenvalue weighted by atomic mass is 10.1. The van der Waals surface area contributed by atoms with E-state index in [1.54, 1.807) is 11.5 Å². The van der Waals surface area contributed by atoms with Crippen LogP contribution in [0.1, 0.15) is 32.6 Å². The van der Waals surface area contributed by atoms with Crippen LogP contribution in [-0.2, 0) is 16.6 Å². The number of hydrogen-bond acceptors (Lipinski definition) is 3. The van der Waals surface area contributed by atoms with Crippen molar-refractivity contribution in [2.45, 2.75) is 38.6 Å². The molecule has 0 radical (unpaired) electrons. The summed E-state index contributed by atoms with van der Waals surface area (Å²) in [6.45, 7) is 1.69. The highest BCUT2D eigenvalue weighted by atomic mass is 32.1. The molecule has 1 heterocycles. The molecule has 1 N–H and O–H groups in total. The Hall–Kier alpha value is -1.43. The van der Waals surface area contributed by atoms with Gasteiger partial charge in [0.1, 0.15) is 6.04 Å². The first-order valence-corrected chi connectivity index (χ1v) is 7.45. The quantitative estimate of drug-likeness (QED) is 0.905. The van der Waals surface area contributed by atoms with Gasteiger partial charge in [-0.3, -0.25) is 9.59 Å². The Morgan fingerprint density at radius 3 is 2.74 bits per heavy atom. The van der Waals surface area contributed by atoms with Crippen molar-refractivity contribution in [3.05, 3.63) is 16.4 Å². The van der Waals surface area contributed by atoms with Crippen molar-refractivity contribution in [1.82, 2.24) is 9.88 Å². The van der Waals surface area contributed by atoms with Gasteiger partial charge in [-0.15, -0.1) is 11.3 Å². The molecule has 1 aliphatic rings. The lowest BCUT2D eigenvalue weighted by Crippen LogP contribution is -2.41. The van der Waals surface area contributed by atoms with Gasteiger partial charge in [-0.25, -0.2) is 0 Å². The predicted molar refractivity (Wildman–Crippen MR) is 73.4 cm³/mol. The Balaban J connectivity index is 1.96. The summed E-state index contributed by atoms with van der Waals surface area (Å²) in [6, 6.07) is -0.560. The van der Waals surface area contributed by atoms with E-state index in [9.17, 15) is 9.59 Å². The SMILES string of the molecule is C[C@H](NC(=O)C1CCCC1)C(=O)N=c1sccn1C. The van der Waals surface area contributed by atoms with Crippen molar-refractivity contribution in [1.29, 1.82) is 0 Å². The van der Waals surface area contributed by atoms with E-state index in [2.05, 4.69) is 10.3 Å². The summed E-state index contributed by atoms with van der Waals surface area (Å²) in [7, 11) is 1.84. The van der Waals surface area contributed by atoms with E-state index < -0.39 is 6.04 Å². The molecule has 0 bridgehead atoms. The molecule has 104 valence electrons. The second-order valence-electron chi connectivity index (χ2n) is 4.96. The summed E-state index contributed by atoms with van der Waals surface area (Å²) >= 11 is 1.40. The Morgan fingerprint density at radius 2 is 2.16 bits per heavy atom. The van der Waals surface area contributed by atoms with Gasteiger partial charge in [0.2, 0.25) is 5.91 Å². The van der Waals surface area contributed by atoms with Crippen molar-refractivity contribution < 1.29 is 9.59 Å². The Kier molecular flexibility index (Phi) is 4.52. The minimum atomic E-state index is -0.560. The zero-order valence-corrected chi connectivity index (χ0v) is 12.1. The van der Waals surface area contributed by atoms with Crippen molar-refractivity contribution in [3.8, 4) is 0 Å². The third-order valence-corrected chi connectivity index (χ3v) is 4.27. The molecule has 0 aliphatic heterocycles. The predicted octanol–water partition coefficient (Wildman–Crippen LogP) is 1.21. The first kappa shape index (κ1) is 14.0. The molecular weight excluding hydrogens is 262 g/mol. The molecule has 1 aromatic rings. The molecule has 0 saturated heterocycles. The van der Waals surface area contributed by atoms with Gasteiger partial charge in [0.05, 0.1) is 0 Å². The fourth-order valence-electron chi connectivity index (χ4n) is 2.21. The number of aryl methyl sites for hydroxylation is 1. The second kappa shape index (κ2) is 6.14. The Labute approximate surface area is 116 Å². The molecule has 5 nitrogen and oxygen atoms in total. The van der Waals surface area contributed by atoms with Crippen molar-refractivity contribution in [2.75, 3.05) is 0 Å². The van der Waals surface area contributed by atoms with Crippen molar-refractivity contribution in [2.24, 2.45) is 18.0 Å². The maximum atomic E-state index is 11.9. The molecule has 1 fully saturated rings. The molecule has 19 heavy (non-hydrogen) atoms. The third-order valence-electron chi connectivity index (χ3n) is 3.42. The number of nitrogens with one attached hydrogen (secondary N) is 1. The summed E-state index contributed by atoms with van der Waals surface area (Å²) in [5.74, 6) is -0.235. The molecule has 6 heteroatoms. The summed E-state index contributed by atoms with van der Waals surface area (Å²) in [6.07, 6.45) is 5.93. The average Bonchev–Trinajstić information content (AvgIpc) is 3.01. The fraction of sp³-hybridized carbons (Fsp3) is 0.615. The number of rotatable bonds is 3. The summed E-state index contributed by atoms with van der Waals surface area (Å²) in [4.78, 5) is 28.5. The molecule has 1 atom stereocenters. The van der Waals surface area contributed by atoms with Gasteiger partial charge in [-0.2, -0.15) is 4.99 Å². The average molecular weight is 281 g/mol. The molecule has 0 aromatic carbocycles. The summed E-state index contributed by atoms with van der Waals surface area (Å²) < 4.78 is 1.79. The molecule has 1 aromatic heterocycles. The maximum absolute atomic E-state index is 11.9. The Bertz CT molecular complexity index is 526. The number of carbonyl (C=O) groups excluding carboxylic acids is 2. The van der Waals surface area contributed by atoms with Crippen molar-refractivity contribution in [3.63, 3.8) is 0 Å². The van der Waals surface area contributed by atoms with Crippen LogP contribution in [0.3, 0.4) is 0 Å². The highest BCUT2D eigenvalue weighted by molar-refractivity contribution is 7.07. The van der Waals surface area contributed by atoms with Crippen LogP contribution < -0.4 is 10.1 Å². The van der Waals surface area contributed by atoms with Gasteiger partial charge >= 0.3 is 0 Å². The van der Waals surface area contributed by atoms with Crippen LogP contribution in [0, 0.1) is 5.92 Å². The highest BCUT2D eigenvalue weighted by Gasteiger charge is 2.25. The van der Waals surface area contributed by atoms with Crippen LogP contribution in [0.2, 0.25) is 0 Å². The largest absolute Gasteiger partial charge is 0.344 e. The zero-order chi connectivity index (χ0) is 13.8. The normalized spacial score (nSPS) is 18.5. The summed E-state index contributed by atoms with van der Waals surface area (Å²) in [5.41, 5.74) is 0. The molecule has 2 rings (SSSR count). The van der Waals surface area contributed by atoms with Crippen LogP contribution in [0.25, 0.3) is 0 Å². The molecule has 0 unspecified atom stereocenters. The number of carbonyl (C=O) groups is 2. The monoisotopic (exact) mass is 281 g/mol. The van der Waals surface area contributed by atoms with Crippen LogP contribution in [0.5, 0.6) is 0 Å². The lowest BCUT2D eigenvalue weighted by Gasteiger charge is -2.13. The first-order chi connectivity index (χ1) is 9.08. The number of hydrogen-bond donors (Lipinski definition) is 1. The third kappa shape index (κ3) is 3.53. The minimum Gasteiger partial charge on any atom is -0.344 e. The second-order valence-corrected chi connectivity index (χ2v) is 5.83. The van der Waals surface area contributed by atoms with E-state index in [4.69, 9.17) is 0 Å². The number of nitrogens with zero attached hydrogens (tertiary/aromatic N) is 2. The molecular formula is C13H19N3O2S. The Morgan fingerprint density at radius 1 is 1.47 bits per heavy atom. The van der Waals surface area contributed by atoms with Gasteiger partial charge in [0.15, 0.2) is 4.80 Å². The molecule has 1 aliphatic carbocycles. The first-order valence-electron chi connectivity index (χ1n) is 6.57. The van der Waals surface area contributed by atoms with E-state index in [-0.39, 0.29) is 17.7 Å². The van der Waals surface area contributed by atoms with E-state index in [0.29, 0.717) is 4.80 Å². The number of amides is 2. The molecule has 1 saturated carbocycles. The maximum Gasteiger partial charge on any atom is 0.270 e. The van der Waals surface area contributed by atoms with Crippen molar-refractivity contribution >= 4 is 23.2 Å². The lowest BCUT2D eigenvalue weighted by molar-refractivity contribution is -0.129. The van der Waals surface area contributed by atoms with Gasteiger partial charge in [0, 0.05) is 24.5 Å². The minimum absolute atomic E-state index is 0.0101. The van der Waals surface area contributed by atoms with E-state index in [1.165, 1.54) is 11.3 Å². The topological polar surface area (TPSA) is 63.5 Å². The number of thiazole rings is 1. The van der Waals surface area contributed by atoms with Crippen LogP contribution in [0.15, 0.2) is 16.6 Å². The van der Waals surface area contributed by atoms with Gasteiger partial charge in [-0.1, -0.05) is 12.8 Å². The van der Waals surface area contributed by atoms with Gasteiger partial charge in [0.25, 0.3) is 5.91 Å². The molecule has 2 amide bonds. The van der Waals surface area contributed by atoms with E-state index in [1.807, 2.05) is 18.6 Å². The smallest absolute Gasteiger partial charge is 0.270 e. The highest BCUT2D eigenvalue weighted by Crippen LogP contribution is 2.24. The zero-order valence-electron chi connectivity index (χ0n) is 11.3. The summed E-state index contributed by atoms with van der Waals surface area (Å²) in [5, 5.41) is 4.64. The van der Waals surface area contributed by atoms with Gasteiger partial charge < -0.3 is 9.88 Å².